The summed E-state index contributed by atoms with van der Waals surface area (Å²) in [6, 6.07) is 17.8. The van der Waals surface area contributed by atoms with Crippen LogP contribution >= 0.6 is 0 Å². The predicted octanol–water partition coefficient (Wildman–Crippen LogP) is 3.72. The molecule has 1 saturated carbocycles. The molecule has 0 aromatic heterocycles. The Balaban J connectivity index is 1.23. The van der Waals surface area contributed by atoms with Crippen LogP contribution in [0.3, 0.4) is 0 Å². The van der Waals surface area contributed by atoms with Crippen molar-refractivity contribution >= 4 is 0 Å². The van der Waals surface area contributed by atoms with Crippen molar-refractivity contribution in [2.75, 3.05) is 32.9 Å². The molecule has 4 rings (SSSR count). The number of hydrogen-bond acceptors (Lipinski definition) is 5. The van der Waals surface area contributed by atoms with Crippen LogP contribution in [-0.2, 0) is 4.74 Å². The van der Waals surface area contributed by atoms with Crippen LogP contribution in [0.2, 0.25) is 0 Å². The Kier molecular flexibility index (Phi) is 6.47. The summed E-state index contributed by atoms with van der Waals surface area (Å²) in [5.41, 5.74) is 0. The molecular formula is C23H29NO4. The second-order valence-electron chi connectivity index (χ2n) is 7.77. The van der Waals surface area contributed by atoms with Crippen LogP contribution < -0.4 is 9.47 Å². The van der Waals surface area contributed by atoms with Gasteiger partial charge in [0.1, 0.15) is 30.0 Å². The average Bonchev–Trinajstić information content (AvgIpc) is 3.45. The second kappa shape index (κ2) is 9.41. The summed E-state index contributed by atoms with van der Waals surface area (Å²) in [5, 5.41) is 10.5. The third-order valence-electron chi connectivity index (χ3n) is 5.27. The molecule has 2 aromatic rings. The van der Waals surface area contributed by atoms with Gasteiger partial charge in [-0.1, -0.05) is 18.2 Å². The van der Waals surface area contributed by atoms with Crippen LogP contribution in [0.4, 0.5) is 0 Å². The Bertz CT molecular complexity index is 711. The molecule has 0 radical (unpaired) electrons. The topological polar surface area (TPSA) is 51.2 Å². The molecule has 2 aliphatic rings. The van der Waals surface area contributed by atoms with E-state index in [4.69, 9.17) is 14.2 Å². The summed E-state index contributed by atoms with van der Waals surface area (Å²) in [6.45, 7) is 3.71. The molecule has 2 atom stereocenters. The average molecular weight is 383 g/mol. The van der Waals surface area contributed by atoms with Crippen molar-refractivity contribution in [1.82, 2.24) is 4.90 Å². The van der Waals surface area contributed by atoms with Gasteiger partial charge in [-0.2, -0.15) is 0 Å². The molecule has 1 aliphatic carbocycles. The first-order valence-corrected chi connectivity index (χ1v) is 10.2. The van der Waals surface area contributed by atoms with Crippen molar-refractivity contribution in [2.24, 2.45) is 5.92 Å². The minimum atomic E-state index is -0.497. The third kappa shape index (κ3) is 5.71. The minimum Gasteiger partial charge on any atom is -0.491 e. The lowest BCUT2D eigenvalue weighted by Gasteiger charge is -2.27. The van der Waals surface area contributed by atoms with E-state index < -0.39 is 6.10 Å². The highest BCUT2D eigenvalue weighted by molar-refractivity contribution is 5.35. The van der Waals surface area contributed by atoms with Gasteiger partial charge in [-0.3, -0.25) is 4.90 Å². The quantitative estimate of drug-likeness (QED) is 0.678. The summed E-state index contributed by atoms with van der Waals surface area (Å²) in [6.07, 6.45) is 3.12. The van der Waals surface area contributed by atoms with Crippen molar-refractivity contribution in [1.29, 1.82) is 0 Å². The summed E-state index contributed by atoms with van der Waals surface area (Å²) in [5.74, 6) is 2.91. The van der Waals surface area contributed by atoms with E-state index >= 15 is 0 Å². The Morgan fingerprint density at radius 3 is 2.36 bits per heavy atom. The van der Waals surface area contributed by atoms with Gasteiger partial charge in [-0.15, -0.1) is 0 Å². The summed E-state index contributed by atoms with van der Waals surface area (Å²) in [7, 11) is 0. The number of para-hydroxylation sites is 1. The Labute approximate surface area is 166 Å². The van der Waals surface area contributed by atoms with Crippen LogP contribution in [0.1, 0.15) is 19.3 Å². The molecular weight excluding hydrogens is 354 g/mol. The van der Waals surface area contributed by atoms with Crippen LogP contribution in [0.15, 0.2) is 54.6 Å². The van der Waals surface area contributed by atoms with Crippen LogP contribution in [0.5, 0.6) is 17.2 Å². The molecule has 2 aromatic carbocycles. The highest BCUT2D eigenvalue weighted by Crippen LogP contribution is 2.29. The van der Waals surface area contributed by atoms with Gasteiger partial charge in [0.05, 0.1) is 6.61 Å². The van der Waals surface area contributed by atoms with E-state index in [0.29, 0.717) is 25.1 Å². The van der Waals surface area contributed by atoms with E-state index in [9.17, 15) is 5.11 Å². The number of hydrogen-bond donors (Lipinski definition) is 1. The number of nitrogens with zero attached hydrogens (tertiary/aromatic N) is 1. The van der Waals surface area contributed by atoms with Gasteiger partial charge >= 0.3 is 0 Å². The van der Waals surface area contributed by atoms with Crippen molar-refractivity contribution in [3.8, 4) is 17.2 Å². The molecule has 0 spiro atoms. The molecule has 1 saturated heterocycles. The normalized spacial score (nSPS) is 20.3. The SMILES string of the molecule is OC(COc1ccc(Oc2ccccc2)cc1)CN(CC1CCOC1)C1CC1. The lowest BCUT2D eigenvalue weighted by Crippen LogP contribution is -2.40. The van der Waals surface area contributed by atoms with Gasteiger partial charge in [0, 0.05) is 25.7 Å². The van der Waals surface area contributed by atoms with Gasteiger partial charge in [-0.05, 0) is 61.6 Å². The minimum absolute atomic E-state index is 0.295. The number of rotatable bonds is 10. The van der Waals surface area contributed by atoms with Gasteiger partial charge < -0.3 is 19.3 Å². The maximum Gasteiger partial charge on any atom is 0.127 e. The molecule has 150 valence electrons. The van der Waals surface area contributed by atoms with Gasteiger partial charge in [0.15, 0.2) is 0 Å². The van der Waals surface area contributed by atoms with Gasteiger partial charge in [0.25, 0.3) is 0 Å². The van der Waals surface area contributed by atoms with Gasteiger partial charge in [-0.25, -0.2) is 0 Å². The zero-order valence-corrected chi connectivity index (χ0v) is 16.2. The van der Waals surface area contributed by atoms with Crippen LogP contribution in [0, 0.1) is 5.92 Å². The Hall–Kier alpha value is -2.08. The Morgan fingerprint density at radius 1 is 0.964 bits per heavy atom. The van der Waals surface area contributed by atoms with E-state index in [-0.39, 0.29) is 0 Å². The molecule has 2 fully saturated rings. The first-order chi connectivity index (χ1) is 13.8. The molecule has 0 amide bonds. The highest BCUT2D eigenvalue weighted by Gasteiger charge is 2.32. The number of benzene rings is 2. The monoisotopic (exact) mass is 383 g/mol. The number of aliphatic hydroxyl groups excluding tert-OH is 1. The Morgan fingerprint density at radius 2 is 1.68 bits per heavy atom. The van der Waals surface area contributed by atoms with Crippen molar-refractivity contribution in [2.45, 2.75) is 31.4 Å². The van der Waals surface area contributed by atoms with E-state index in [1.54, 1.807) is 0 Å². The molecule has 1 heterocycles. The predicted molar refractivity (Wildman–Crippen MR) is 108 cm³/mol. The molecule has 2 unspecified atom stereocenters. The lowest BCUT2D eigenvalue weighted by molar-refractivity contribution is 0.0581. The van der Waals surface area contributed by atoms with Gasteiger partial charge in [0.2, 0.25) is 0 Å². The molecule has 28 heavy (non-hydrogen) atoms. The summed E-state index contributed by atoms with van der Waals surface area (Å²) >= 11 is 0. The van der Waals surface area contributed by atoms with E-state index in [2.05, 4.69) is 4.90 Å². The zero-order valence-electron chi connectivity index (χ0n) is 16.2. The summed E-state index contributed by atoms with van der Waals surface area (Å²) in [4.78, 5) is 2.42. The van der Waals surface area contributed by atoms with Crippen molar-refractivity contribution in [3.05, 3.63) is 54.6 Å². The first-order valence-electron chi connectivity index (χ1n) is 10.2. The van der Waals surface area contributed by atoms with Crippen molar-refractivity contribution < 1.29 is 19.3 Å². The maximum atomic E-state index is 10.5. The molecule has 0 bridgehead atoms. The maximum absolute atomic E-state index is 10.5. The molecule has 1 aliphatic heterocycles. The second-order valence-corrected chi connectivity index (χ2v) is 7.77. The molecule has 5 nitrogen and oxygen atoms in total. The highest BCUT2D eigenvalue weighted by atomic mass is 16.5. The number of aliphatic hydroxyl groups is 1. The first kappa shape index (κ1) is 19.2. The number of ether oxygens (including phenoxy) is 3. The smallest absolute Gasteiger partial charge is 0.127 e. The van der Waals surface area contributed by atoms with E-state index in [0.717, 1.165) is 43.4 Å². The lowest BCUT2D eigenvalue weighted by atomic mass is 10.1. The largest absolute Gasteiger partial charge is 0.491 e. The van der Waals surface area contributed by atoms with E-state index in [1.165, 1.54) is 12.8 Å². The third-order valence-corrected chi connectivity index (χ3v) is 5.27. The van der Waals surface area contributed by atoms with Crippen LogP contribution in [0.25, 0.3) is 0 Å². The zero-order chi connectivity index (χ0) is 19.2. The van der Waals surface area contributed by atoms with Crippen LogP contribution in [-0.4, -0.2) is 55.1 Å². The fourth-order valence-electron chi connectivity index (χ4n) is 3.62. The van der Waals surface area contributed by atoms with Crippen molar-refractivity contribution in [3.63, 3.8) is 0 Å². The van der Waals surface area contributed by atoms with E-state index in [1.807, 2.05) is 54.6 Å². The molecule has 5 heteroatoms. The fourth-order valence-corrected chi connectivity index (χ4v) is 3.62. The molecule has 1 N–H and O–H groups in total. The summed E-state index contributed by atoms with van der Waals surface area (Å²) < 4.78 is 17.1. The standard InChI is InChI=1S/C23H29NO4/c25-20(15-24(19-6-7-19)14-18-12-13-26-16-18)17-27-21-8-10-23(11-9-21)28-22-4-2-1-3-5-22/h1-5,8-11,18-20,25H,6-7,12-17H2. The fraction of sp³-hybridized carbons (Fsp3) is 0.478.